The molecular weight excluding hydrogens is 378 g/mol. The lowest BCUT2D eigenvalue weighted by molar-refractivity contribution is -0.385. The molecule has 1 amide bonds. The third kappa shape index (κ3) is 3.25. The summed E-state index contributed by atoms with van der Waals surface area (Å²) in [6.45, 7) is 0. The van der Waals surface area contributed by atoms with Crippen molar-refractivity contribution < 1.29 is 14.8 Å². The Morgan fingerprint density at radius 3 is 2.64 bits per heavy atom. The zero-order valence-electron chi connectivity index (χ0n) is 14.6. The van der Waals surface area contributed by atoms with E-state index in [1.54, 1.807) is 24.3 Å². The summed E-state index contributed by atoms with van der Waals surface area (Å²) in [6.07, 6.45) is 0.355. The average Bonchev–Trinajstić information content (AvgIpc) is 3.38. The molecule has 7 nitrogen and oxygen atoms in total. The van der Waals surface area contributed by atoms with Crippen molar-refractivity contribution in [1.82, 2.24) is 5.01 Å². The maximum Gasteiger partial charge on any atom is 0.274 e. The molecule has 8 heteroatoms. The molecule has 4 rings (SSSR count). The molecule has 2 aromatic carbocycles. The molecule has 0 aliphatic carbocycles. The van der Waals surface area contributed by atoms with Crippen molar-refractivity contribution in [3.63, 3.8) is 0 Å². The number of hydrogen-bond donors (Lipinski definition) is 1. The number of nitro groups is 1. The highest BCUT2D eigenvalue weighted by atomic mass is 32.1. The third-order valence-corrected chi connectivity index (χ3v) is 5.44. The highest BCUT2D eigenvalue weighted by Gasteiger charge is 2.36. The monoisotopic (exact) mass is 393 g/mol. The van der Waals surface area contributed by atoms with Crippen LogP contribution in [0.15, 0.2) is 71.1 Å². The Hall–Kier alpha value is -3.52. The predicted octanol–water partition coefficient (Wildman–Crippen LogP) is 4.35. The van der Waals surface area contributed by atoms with Gasteiger partial charge >= 0.3 is 0 Å². The quantitative estimate of drug-likeness (QED) is 0.526. The minimum absolute atomic E-state index is 0.107. The van der Waals surface area contributed by atoms with Crippen LogP contribution in [-0.2, 0) is 0 Å². The Kier molecular flexibility index (Phi) is 4.62. The molecule has 140 valence electrons. The van der Waals surface area contributed by atoms with E-state index in [0.717, 1.165) is 4.88 Å². The molecule has 1 N–H and O–H groups in total. The van der Waals surface area contributed by atoms with Gasteiger partial charge in [0.2, 0.25) is 0 Å². The van der Waals surface area contributed by atoms with E-state index in [1.807, 2.05) is 23.6 Å². The van der Waals surface area contributed by atoms with Crippen LogP contribution in [0.1, 0.15) is 33.3 Å². The molecule has 0 unspecified atom stereocenters. The lowest BCUT2D eigenvalue weighted by Gasteiger charge is -2.22. The zero-order valence-corrected chi connectivity index (χ0v) is 15.4. The van der Waals surface area contributed by atoms with Gasteiger partial charge in [-0.3, -0.25) is 14.9 Å². The number of nitrogens with zero attached hydrogens (tertiary/aromatic N) is 3. The summed E-state index contributed by atoms with van der Waals surface area (Å²) < 4.78 is 0. The molecule has 0 saturated carbocycles. The summed E-state index contributed by atoms with van der Waals surface area (Å²) >= 11 is 1.50. The molecule has 1 aliphatic heterocycles. The fourth-order valence-electron chi connectivity index (χ4n) is 3.17. The van der Waals surface area contributed by atoms with Crippen LogP contribution in [0.4, 0.5) is 5.69 Å². The molecule has 3 aromatic rings. The number of hydrazone groups is 1. The van der Waals surface area contributed by atoms with E-state index >= 15 is 0 Å². The van der Waals surface area contributed by atoms with E-state index in [1.165, 1.54) is 34.5 Å². The smallest absolute Gasteiger partial charge is 0.274 e. The predicted molar refractivity (Wildman–Crippen MR) is 106 cm³/mol. The lowest BCUT2D eigenvalue weighted by Crippen LogP contribution is -2.27. The minimum atomic E-state index is -0.635. The molecule has 0 saturated heterocycles. The Balaban J connectivity index is 1.78. The number of thiophene rings is 1. The van der Waals surface area contributed by atoms with Crippen LogP contribution in [0.2, 0.25) is 0 Å². The van der Waals surface area contributed by atoms with E-state index in [-0.39, 0.29) is 17.3 Å². The first-order chi connectivity index (χ1) is 13.5. The van der Waals surface area contributed by atoms with Gasteiger partial charge in [-0.15, -0.1) is 11.3 Å². The molecule has 0 fully saturated rings. The van der Waals surface area contributed by atoms with Crippen molar-refractivity contribution in [2.24, 2.45) is 5.10 Å². The largest absolute Gasteiger partial charge is 0.508 e. The van der Waals surface area contributed by atoms with Crippen molar-refractivity contribution in [2.75, 3.05) is 0 Å². The second-order valence-corrected chi connectivity index (χ2v) is 7.21. The molecule has 1 aromatic heterocycles. The number of phenolic OH excluding ortho intramolecular Hbond substituents is 1. The molecule has 1 atom stereocenters. The minimum Gasteiger partial charge on any atom is -0.508 e. The fourth-order valence-corrected chi connectivity index (χ4v) is 3.89. The average molecular weight is 393 g/mol. The molecule has 28 heavy (non-hydrogen) atoms. The molecule has 2 heterocycles. The topological polar surface area (TPSA) is 96.0 Å². The van der Waals surface area contributed by atoms with Crippen molar-refractivity contribution in [3.8, 4) is 5.75 Å². The van der Waals surface area contributed by atoms with Crippen molar-refractivity contribution in [1.29, 1.82) is 0 Å². The third-order valence-electron chi connectivity index (χ3n) is 4.53. The van der Waals surface area contributed by atoms with Gasteiger partial charge in [0.05, 0.1) is 21.6 Å². The number of non-ortho nitro benzene ring substituents is 1. The number of amides is 1. The van der Waals surface area contributed by atoms with Crippen LogP contribution in [0.3, 0.4) is 0 Å². The van der Waals surface area contributed by atoms with Gasteiger partial charge in [-0.1, -0.05) is 24.3 Å². The van der Waals surface area contributed by atoms with Gasteiger partial charge in [0.25, 0.3) is 11.6 Å². The maximum atomic E-state index is 13.1. The number of nitro benzene ring substituents is 1. The molecular formula is C20H15N3O4S. The standard InChI is InChI=1S/C20H15N3O4S/c24-18-9-8-14(23(26)27)11-15(18)17-12-16(19-7-4-10-28-19)21-22(17)20(25)13-5-2-1-3-6-13/h1-11,17,24H,12H2/t17-/m0/s1. The Labute approximate surface area is 164 Å². The van der Waals surface area contributed by atoms with Crippen molar-refractivity contribution in [3.05, 3.63) is 92.2 Å². The van der Waals surface area contributed by atoms with Gasteiger partial charge in [0.15, 0.2) is 0 Å². The van der Waals surface area contributed by atoms with Gasteiger partial charge in [-0.2, -0.15) is 5.10 Å². The Morgan fingerprint density at radius 2 is 1.96 bits per heavy atom. The summed E-state index contributed by atoms with van der Waals surface area (Å²) in [5.74, 6) is -0.438. The highest BCUT2D eigenvalue weighted by molar-refractivity contribution is 7.12. The first kappa shape index (κ1) is 17.9. The van der Waals surface area contributed by atoms with Gasteiger partial charge in [-0.05, 0) is 29.6 Å². The molecule has 0 spiro atoms. The number of carbonyl (C=O) groups is 1. The van der Waals surface area contributed by atoms with Gasteiger partial charge in [0.1, 0.15) is 5.75 Å². The second-order valence-electron chi connectivity index (χ2n) is 6.26. The molecule has 1 aliphatic rings. The summed E-state index contributed by atoms with van der Waals surface area (Å²) in [5.41, 5.74) is 1.31. The Bertz CT molecular complexity index is 1060. The normalized spacial score (nSPS) is 16.1. The summed E-state index contributed by atoms with van der Waals surface area (Å²) in [5, 5.41) is 29.3. The van der Waals surface area contributed by atoms with Crippen LogP contribution in [0, 0.1) is 10.1 Å². The Morgan fingerprint density at radius 1 is 1.18 bits per heavy atom. The van der Waals surface area contributed by atoms with E-state index in [2.05, 4.69) is 5.10 Å². The first-order valence-electron chi connectivity index (χ1n) is 8.52. The maximum absolute atomic E-state index is 13.1. The van der Waals surface area contributed by atoms with Crippen LogP contribution < -0.4 is 0 Å². The molecule has 0 bridgehead atoms. The van der Waals surface area contributed by atoms with Crippen LogP contribution in [0.25, 0.3) is 0 Å². The number of hydrogen-bond acceptors (Lipinski definition) is 6. The number of benzene rings is 2. The van der Waals surface area contributed by atoms with Crippen LogP contribution in [-0.4, -0.2) is 26.7 Å². The van der Waals surface area contributed by atoms with E-state index in [0.29, 0.717) is 23.3 Å². The lowest BCUT2D eigenvalue weighted by atomic mass is 9.99. The summed E-state index contributed by atoms with van der Waals surface area (Å²) in [7, 11) is 0. The van der Waals surface area contributed by atoms with Gasteiger partial charge in [0, 0.05) is 29.7 Å². The summed E-state index contributed by atoms with van der Waals surface area (Å²) in [6, 6.07) is 15.7. The number of aromatic hydroxyl groups is 1. The first-order valence-corrected chi connectivity index (χ1v) is 9.40. The van der Waals surface area contributed by atoms with Crippen LogP contribution in [0.5, 0.6) is 5.75 Å². The molecule has 0 radical (unpaired) electrons. The van der Waals surface area contributed by atoms with E-state index in [4.69, 9.17) is 0 Å². The number of carbonyl (C=O) groups excluding carboxylic acids is 1. The van der Waals surface area contributed by atoms with Gasteiger partial charge < -0.3 is 5.11 Å². The van der Waals surface area contributed by atoms with Crippen molar-refractivity contribution in [2.45, 2.75) is 12.5 Å². The SMILES string of the molecule is O=C(c1ccccc1)N1N=C(c2cccs2)C[C@H]1c1cc([N+](=O)[O-])ccc1O. The van der Waals surface area contributed by atoms with Crippen LogP contribution >= 0.6 is 11.3 Å². The fraction of sp³-hybridized carbons (Fsp3) is 0.100. The second kappa shape index (κ2) is 7.24. The van der Waals surface area contributed by atoms with Gasteiger partial charge in [-0.25, -0.2) is 5.01 Å². The van der Waals surface area contributed by atoms with Crippen molar-refractivity contribution >= 4 is 28.6 Å². The summed E-state index contributed by atoms with van der Waals surface area (Å²) in [4.78, 5) is 24.7. The number of phenols is 1. The number of rotatable bonds is 4. The zero-order chi connectivity index (χ0) is 19.7. The van der Waals surface area contributed by atoms with E-state index < -0.39 is 11.0 Å². The highest BCUT2D eigenvalue weighted by Crippen LogP contribution is 2.39. The van der Waals surface area contributed by atoms with E-state index in [9.17, 15) is 20.0 Å².